The van der Waals surface area contributed by atoms with E-state index >= 15 is 0 Å². The highest BCUT2D eigenvalue weighted by atomic mass is 32.2. The van der Waals surface area contributed by atoms with Crippen molar-refractivity contribution in [2.45, 2.75) is 30.9 Å². The summed E-state index contributed by atoms with van der Waals surface area (Å²) in [6, 6.07) is 1.90. The second kappa shape index (κ2) is 7.08. The second-order valence-electron chi connectivity index (χ2n) is 5.72. The third-order valence-electron chi connectivity index (χ3n) is 3.76. The van der Waals surface area contributed by atoms with Gasteiger partial charge in [-0.3, -0.25) is 4.79 Å². The van der Waals surface area contributed by atoms with Crippen molar-refractivity contribution in [3.8, 4) is 0 Å². The number of nitrogens with zero attached hydrogens (tertiary/aromatic N) is 1. The molecule has 0 spiro atoms. The maximum Gasteiger partial charge on any atom is 0.317 e. The molecule has 0 aromatic carbocycles. The molecule has 124 valence electrons. The lowest BCUT2D eigenvalue weighted by molar-refractivity contribution is -0.136. The number of rotatable bonds is 6. The summed E-state index contributed by atoms with van der Waals surface area (Å²) in [6.07, 6.45) is 1.73. The summed E-state index contributed by atoms with van der Waals surface area (Å²) in [7, 11) is -3.44. The van der Waals surface area contributed by atoms with Crippen LogP contribution in [0.1, 0.15) is 23.3 Å². The smallest absolute Gasteiger partial charge is 0.317 e. The lowest BCUT2D eigenvalue weighted by Crippen LogP contribution is -2.43. The Hall–Kier alpha value is -0.960. The van der Waals surface area contributed by atoms with E-state index in [1.165, 1.54) is 11.3 Å². The normalized spacial score (nSPS) is 20.2. The first-order chi connectivity index (χ1) is 10.3. The van der Waals surface area contributed by atoms with Crippen LogP contribution in [-0.4, -0.2) is 50.0 Å². The highest BCUT2D eigenvalue weighted by Crippen LogP contribution is 2.31. The first kappa shape index (κ1) is 17.4. The van der Waals surface area contributed by atoms with Crippen molar-refractivity contribution in [2.75, 3.05) is 26.2 Å². The molecular formula is C14H22N2O4S2. The molecule has 1 unspecified atom stereocenters. The van der Waals surface area contributed by atoms with Gasteiger partial charge in [-0.25, -0.2) is 8.42 Å². The van der Waals surface area contributed by atoms with Crippen LogP contribution in [0.5, 0.6) is 0 Å². The molecule has 0 amide bonds. The molecule has 1 aliphatic heterocycles. The standard InChI is InChI=1S/C14H22N2O4S2/c1-10-6-11(2)21-14(10)22(19,20)16-5-3-4-12(9-16)7-15-8-13(17)18/h6,12,15H,3-5,7-9H2,1-2H3,(H,17,18). The van der Waals surface area contributed by atoms with E-state index in [2.05, 4.69) is 5.32 Å². The zero-order valence-electron chi connectivity index (χ0n) is 12.8. The Bertz CT molecular complexity index is 639. The quantitative estimate of drug-likeness (QED) is 0.814. The van der Waals surface area contributed by atoms with Gasteiger partial charge in [-0.05, 0) is 50.8 Å². The van der Waals surface area contributed by atoms with Crippen LogP contribution in [0.25, 0.3) is 0 Å². The molecule has 8 heteroatoms. The van der Waals surface area contributed by atoms with Crippen molar-refractivity contribution in [3.05, 3.63) is 16.5 Å². The van der Waals surface area contributed by atoms with Crippen LogP contribution in [-0.2, 0) is 14.8 Å². The molecule has 1 saturated heterocycles. The number of carboxylic acids is 1. The Balaban J connectivity index is 2.05. The summed E-state index contributed by atoms with van der Waals surface area (Å²) in [4.78, 5) is 11.5. The van der Waals surface area contributed by atoms with Crippen molar-refractivity contribution >= 4 is 27.3 Å². The Labute approximate surface area is 135 Å². The van der Waals surface area contributed by atoms with E-state index in [0.29, 0.717) is 23.8 Å². The molecule has 1 aromatic rings. The number of hydrogen-bond acceptors (Lipinski definition) is 5. The van der Waals surface area contributed by atoms with Crippen LogP contribution >= 0.6 is 11.3 Å². The van der Waals surface area contributed by atoms with Crippen molar-refractivity contribution in [1.29, 1.82) is 0 Å². The molecule has 6 nitrogen and oxygen atoms in total. The van der Waals surface area contributed by atoms with Gasteiger partial charge in [0.15, 0.2) is 0 Å². The minimum absolute atomic E-state index is 0.0908. The van der Waals surface area contributed by atoms with E-state index in [4.69, 9.17) is 5.11 Å². The summed E-state index contributed by atoms with van der Waals surface area (Å²) in [5.74, 6) is -0.741. The van der Waals surface area contributed by atoms with Gasteiger partial charge in [0, 0.05) is 18.0 Å². The van der Waals surface area contributed by atoms with Gasteiger partial charge in [0.1, 0.15) is 4.21 Å². The monoisotopic (exact) mass is 346 g/mol. The number of nitrogens with one attached hydrogen (secondary N) is 1. The predicted molar refractivity (Wildman–Crippen MR) is 85.8 cm³/mol. The van der Waals surface area contributed by atoms with Gasteiger partial charge in [-0.1, -0.05) is 0 Å². The number of piperidine rings is 1. The Morgan fingerprint density at radius 3 is 2.82 bits per heavy atom. The Morgan fingerprint density at radius 1 is 1.50 bits per heavy atom. The minimum atomic E-state index is -3.44. The van der Waals surface area contributed by atoms with Crippen molar-refractivity contribution in [1.82, 2.24) is 9.62 Å². The van der Waals surface area contributed by atoms with Crippen LogP contribution in [0.2, 0.25) is 0 Å². The zero-order chi connectivity index (χ0) is 16.3. The third kappa shape index (κ3) is 4.07. The molecule has 0 saturated carbocycles. The Kier molecular flexibility index (Phi) is 5.60. The van der Waals surface area contributed by atoms with Gasteiger partial charge >= 0.3 is 5.97 Å². The number of aliphatic carboxylic acids is 1. The molecule has 2 heterocycles. The fraction of sp³-hybridized carbons (Fsp3) is 0.643. The lowest BCUT2D eigenvalue weighted by Gasteiger charge is -2.31. The average Bonchev–Trinajstić information content (AvgIpc) is 2.78. The molecule has 0 radical (unpaired) electrons. The maximum atomic E-state index is 12.8. The molecule has 0 aliphatic carbocycles. The van der Waals surface area contributed by atoms with Gasteiger partial charge in [-0.2, -0.15) is 4.31 Å². The SMILES string of the molecule is Cc1cc(C)c(S(=O)(=O)N2CCCC(CNCC(=O)O)C2)s1. The van der Waals surface area contributed by atoms with Gasteiger partial charge in [-0.15, -0.1) is 11.3 Å². The molecule has 1 atom stereocenters. The molecule has 2 rings (SSSR count). The number of hydrogen-bond donors (Lipinski definition) is 2. The molecule has 1 fully saturated rings. The van der Waals surface area contributed by atoms with Gasteiger partial charge in [0.2, 0.25) is 0 Å². The number of aryl methyl sites for hydroxylation is 2. The van der Waals surface area contributed by atoms with Crippen LogP contribution in [0.15, 0.2) is 10.3 Å². The van der Waals surface area contributed by atoms with Crippen LogP contribution in [0, 0.1) is 19.8 Å². The molecule has 1 aromatic heterocycles. The fourth-order valence-electron chi connectivity index (χ4n) is 2.79. The van der Waals surface area contributed by atoms with Gasteiger partial charge in [0.25, 0.3) is 10.0 Å². The zero-order valence-corrected chi connectivity index (χ0v) is 14.5. The van der Waals surface area contributed by atoms with Gasteiger partial charge in [0.05, 0.1) is 6.54 Å². The Morgan fingerprint density at radius 2 is 2.23 bits per heavy atom. The molecular weight excluding hydrogens is 324 g/mol. The molecule has 22 heavy (non-hydrogen) atoms. The number of thiophene rings is 1. The number of carboxylic acid groups (broad SMARTS) is 1. The number of sulfonamides is 1. The van der Waals surface area contributed by atoms with Gasteiger partial charge < -0.3 is 10.4 Å². The van der Waals surface area contributed by atoms with E-state index in [9.17, 15) is 13.2 Å². The van der Waals surface area contributed by atoms with E-state index in [1.54, 1.807) is 4.31 Å². The maximum absolute atomic E-state index is 12.8. The summed E-state index contributed by atoms with van der Waals surface area (Å²) in [5, 5.41) is 11.5. The van der Waals surface area contributed by atoms with E-state index in [0.717, 1.165) is 23.3 Å². The minimum Gasteiger partial charge on any atom is -0.480 e. The average molecular weight is 346 g/mol. The first-order valence-corrected chi connectivity index (χ1v) is 9.56. The molecule has 2 N–H and O–H groups in total. The van der Waals surface area contributed by atoms with E-state index in [1.807, 2.05) is 19.9 Å². The van der Waals surface area contributed by atoms with Crippen LogP contribution in [0.3, 0.4) is 0 Å². The van der Waals surface area contributed by atoms with Crippen LogP contribution < -0.4 is 5.32 Å². The summed E-state index contributed by atoms with van der Waals surface area (Å²) in [6.45, 7) is 5.16. The largest absolute Gasteiger partial charge is 0.480 e. The van der Waals surface area contributed by atoms with Crippen LogP contribution in [0.4, 0.5) is 0 Å². The third-order valence-corrected chi connectivity index (χ3v) is 7.39. The summed E-state index contributed by atoms with van der Waals surface area (Å²) >= 11 is 1.31. The molecule has 1 aliphatic rings. The van der Waals surface area contributed by atoms with Crippen molar-refractivity contribution in [3.63, 3.8) is 0 Å². The first-order valence-electron chi connectivity index (χ1n) is 7.30. The topological polar surface area (TPSA) is 86.7 Å². The van der Waals surface area contributed by atoms with E-state index in [-0.39, 0.29) is 12.5 Å². The highest BCUT2D eigenvalue weighted by molar-refractivity contribution is 7.91. The van der Waals surface area contributed by atoms with Crippen molar-refractivity contribution in [2.24, 2.45) is 5.92 Å². The summed E-state index contributed by atoms with van der Waals surface area (Å²) in [5.41, 5.74) is 0.800. The molecule has 0 bridgehead atoms. The van der Waals surface area contributed by atoms with E-state index < -0.39 is 16.0 Å². The highest BCUT2D eigenvalue weighted by Gasteiger charge is 2.32. The summed E-state index contributed by atoms with van der Waals surface area (Å²) < 4.78 is 27.5. The second-order valence-corrected chi connectivity index (χ2v) is 9.11. The number of carbonyl (C=O) groups is 1. The van der Waals surface area contributed by atoms with Crippen molar-refractivity contribution < 1.29 is 18.3 Å². The predicted octanol–water partition coefficient (Wildman–Crippen LogP) is 1.44. The fourth-order valence-corrected chi connectivity index (χ4v) is 6.15. The lowest BCUT2D eigenvalue weighted by atomic mass is 10.00.